The van der Waals surface area contributed by atoms with Crippen molar-refractivity contribution in [2.45, 2.75) is 38.6 Å². The lowest BCUT2D eigenvalue weighted by Gasteiger charge is -2.35. The molecule has 1 atom stereocenters. The quantitative estimate of drug-likeness (QED) is 0.869. The molecular weight excluding hydrogens is 278 g/mol. The van der Waals surface area contributed by atoms with Gasteiger partial charge in [-0.15, -0.1) is 0 Å². The number of anilines is 1. The monoisotopic (exact) mass is 305 g/mol. The highest BCUT2D eigenvalue weighted by Gasteiger charge is 2.27. The first kappa shape index (κ1) is 16.7. The fourth-order valence-corrected chi connectivity index (χ4v) is 2.82. The number of aromatic nitrogens is 2. The lowest BCUT2D eigenvalue weighted by Crippen LogP contribution is -2.43. The molecule has 1 saturated heterocycles. The van der Waals surface area contributed by atoms with Crippen LogP contribution in [0, 0.1) is 0 Å². The smallest absolute Gasteiger partial charge is 0.272 e. The number of carbonyl (C=O) groups excluding carboxylic acids is 1. The molecule has 1 aromatic heterocycles. The van der Waals surface area contributed by atoms with E-state index >= 15 is 0 Å². The fourth-order valence-electron chi connectivity index (χ4n) is 2.82. The molecule has 1 unspecified atom stereocenters. The van der Waals surface area contributed by atoms with Crippen LogP contribution in [-0.4, -0.2) is 65.4 Å². The van der Waals surface area contributed by atoms with Crippen molar-refractivity contribution in [1.82, 2.24) is 19.8 Å². The van der Waals surface area contributed by atoms with Crippen LogP contribution in [0.3, 0.4) is 0 Å². The van der Waals surface area contributed by atoms with Gasteiger partial charge in [0.2, 0.25) is 0 Å². The van der Waals surface area contributed by atoms with E-state index in [-0.39, 0.29) is 5.91 Å². The minimum atomic E-state index is 0.0320. The van der Waals surface area contributed by atoms with E-state index in [4.69, 9.17) is 0 Å². The summed E-state index contributed by atoms with van der Waals surface area (Å²) in [7, 11) is 4.05. The number of hydrogen-bond acceptors (Lipinski definition) is 5. The van der Waals surface area contributed by atoms with Crippen LogP contribution in [0.1, 0.15) is 43.1 Å². The Labute approximate surface area is 132 Å². The molecule has 1 fully saturated rings. The maximum absolute atomic E-state index is 12.7. The number of hydrogen-bond donors (Lipinski definition) is 1. The summed E-state index contributed by atoms with van der Waals surface area (Å²) < 4.78 is 0. The molecule has 22 heavy (non-hydrogen) atoms. The van der Waals surface area contributed by atoms with E-state index in [0.29, 0.717) is 17.6 Å². The molecule has 1 amide bonds. The van der Waals surface area contributed by atoms with E-state index in [1.54, 1.807) is 6.07 Å². The van der Waals surface area contributed by atoms with E-state index < -0.39 is 0 Å². The van der Waals surface area contributed by atoms with Crippen LogP contribution >= 0.6 is 0 Å². The molecule has 0 saturated carbocycles. The van der Waals surface area contributed by atoms with Gasteiger partial charge in [0.15, 0.2) is 0 Å². The summed E-state index contributed by atoms with van der Waals surface area (Å²) in [5.74, 6) is 0.745. The molecule has 1 N–H and O–H groups in total. The summed E-state index contributed by atoms with van der Waals surface area (Å²) in [6.07, 6.45) is 5.87. The number of nitrogens with one attached hydrogen (secondary N) is 1. The van der Waals surface area contributed by atoms with Crippen molar-refractivity contribution in [2.24, 2.45) is 0 Å². The number of piperidine rings is 1. The van der Waals surface area contributed by atoms with Crippen molar-refractivity contribution in [2.75, 3.05) is 39.0 Å². The molecule has 0 spiro atoms. The Bertz CT molecular complexity index is 491. The first-order chi connectivity index (χ1) is 10.6. The van der Waals surface area contributed by atoms with Gasteiger partial charge in [-0.1, -0.05) is 6.92 Å². The largest absolute Gasteiger partial charge is 0.369 e. The molecule has 0 bridgehead atoms. The minimum absolute atomic E-state index is 0.0320. The molecule has 1 aliphatic heterocycles. The fraction of sp³-hybridized carbons (Fsp3) is 0.688. The van der Waals surface area contributed by atoms with Gasteiger partial charge < -0.3 is 15.1 Å². The predicted octanol–water partition coefficient (Wildman–Crippen LogP) is 1.85. The molecule has 1 aliphatic rings. The van der Waals surface area contributed by atoms with Gasteiger partial charge in [-0.2, -0.15) is 0 Å². The summed E-state index contributed by atoms with van der Waals surface area (Å²) in [6, 6.07) is 2.11. The maximum Gasteiger partial charge on any atom is 0.272 e. The zero-order chi connectivity index (χ0) is 15.9. The van der Waals surface area contributed by atoms with Crippen LogP contribution in [0.2, 0.25) is 0 Å². The van der Waals surface area contributed by atoms with Crippen LogP contribution in [-0.2, 0) is 0 Å². The van der Waals surface area contributed by atoms with Gasteiger partial charge in [0.05, 0.1) is 0 Å². The summed E-state index contributed by atoms with van der Waals surface area (Å²) in [5, 5.41) is 3.24. The van der Waals surface area contributed by atoms with Crippen LogP contribution in [0.25, 0.3) is 0 Å². The second-order valence-corrected chi connectivity index (χ2v) is 6.07. The third kappa shape index (κ3) is 4.40. The van der Waals surface area contributed by atoms with Crippen LogP contribution < -0.4 is 5.32 Å². The third-order valence-corrected chi connectivity index (χ3v) is 4.11. The Morgan fingerprint density at radius 2 is 2.23 bits per heavy atom. The SMILES string of the molecule is CCC1CCCCN1C(=O)c1cc(NCCN(C)C)ncn1. The highest BCUT2D eigenvalue weighted by atomic mass is 16.2. The molecule has 1 aromatic rings. The van der Waals surface area contributed by atoms with Gasteiger partial charge in [0.1, 0.15) is 17.8 Å². The third-order valence-electron chi connectivity index (χ3n) is 4.11. The normalized spacial score (nSPS) is 18.5. The van der Waals surface area contributed by atoms with Crippen molar-refractivity contribution in [3.63, 3.8) is 0 Å². The van der Waals surface area contributed by atoms with Gasteiger partial charge in [0, 0.05) is 31.7 Å². The Balaban J connectivity index is 2.03. The molecule has 0 radical (unpaired) electrons. The van der Waals surface area contributed by atoms with Crippen molar-refractivity contribution < 1.29 is 4.79 Å². The summed E-state index contributed by atoms with van der Waals surface area (Å²) in [6.45, 7) is 4.69. The summed E-state index contributed by atoms with van der Waals surface area (Å²) in [5.41, 5.74) is 0.489. The standard InChI is InChI=1S/C16H27N5O/c1-4-13-7-5-6-9-21(13)16(22)14-11-15(19-12-18-14)17-8-10-20(2)3/h11-13H,4-10H2,1-3H3,(H,17,18,19). The molecule has 6 heteroatoms. The molecular formula is C16H27N5O. The summed E-state index contributed by atoms with van der Waals surface area (Å²) in [4.78, 5) is 25.1. The number of amides is 1. The highest BCUT2D eigenvalue weighted by Crippen LogP contribution is 2.21. The minimum Gasteiger partial charge on any atom is -0.369 e. The molecule has 2 rings (SSSR count). The van der Waals surface area contributed by atoms with Crippen molar-refractivity contribution in [3.05, 3.63) is 18.1 Å². The second-order valence-electron chi connectivity index (χ2n) is 6.07. The van der Waals surface area contributed by atoms with Crippen molar-refractivity contribution in [3.8, 4) is 0 Å². The van der Waals surface area contributed by atoms with Crippen molar-refractivity contribution in [1.29, 1.82) is 0 Å². The highest BCUT2D eigenvalue weighted by molar-refractivity contribution is 5.93. The van der Waals surface area contributed by atoms with E-state index in [2.05, 4.69) is 27.1 Å². The van der Waals surface area contributed by atoms with Gasteiger partial charge in [-0.3, -0.25) is 4.79 Å². The number of rotatable bonds is 6. The van der Waals surface area contributed by atoms with E-state index in [1.165, 1.54) is 12.7 Å². The number of nitrogens with zero attached hydrogens (tertiary/aromatic N) is 4. The maximum atomic E-state index is 12.7. The molecule has 2 heterocycles. The summed E-state index contributed by atoms with van der Waals surface area (Å²) >= 11 is 0. The lowest BCUT2D eigenvalue weighted by molar-refractivity contribution is 0.0602. The lowest BCUT2D eigenvalue weighted by atomic mass is 9.99. The average molecular weight is 305 g/mol. The Morgan fingerprint density at radius 3 is 2.95 bits per heavy atom. The molecule has 6 nitrogen and oxygen atoms in total. The van der Waals surface area contributed by atoms with Crippen LogP contribution in [0.5, 0.6) is 0 Å². The number of likely N-dealkylation sites (N-methyl/N-ethyl adjacent to an activating group) is 1. The predicted molar refractivity (Wildman–Crippen MR) is 88.0 cm³/mol. The zero-order valence-electron chi connectivity index (χ0n) is 13.9. The number of carbonyl (C=O) groups is 1. The number of likely N-dealkylation sites (tertiary alicyclic amines) is 1. The molecule has 0 aliphatic carbocycles. The van der Waals surface area contributed by atoms with Crippen LogP contribution in [0.15, 0.2) is 12.4 Å². The van der Waals surface area contributed by atoms with Crippen LogP contribution in [0.4, 0.5) is 5.82 Å². The van der Waals surface area contributed by atoms with Gasteiger partial charge >= 0.3 is 0 Å². The van der Waals surface area contributed by atoms with Gasteiger partial charge in [-0.25, -0.2) is 9.97 Å². The average Bonchev–Trinajstić information content (AvgIpc) is 2.54. The first-order valence-electron chi connectivity index (χ1n) is 8.13. The second kappa shape index (κ2) is 8.08. The van der Waals surface area contributed by atoms with E-state index in [9.17, 15) is 4.79 Å². The molecule has 0 aromatic carbocycles. The van der Waals surface area contributed by atoms with E-state index in [1.807, 2.05) is 19.0 Å². The zero-order valence-corrected chi connectivity index (χ0v) is 13.9. The Kier molecular flexibility index (Phi) is 6.12. The van der Waals surface area contributed by atoms with Gasteiger partial charge in [-0.05, 0) is 39.8 Å². The first-order valence-corrected chi connectivity index (χ1v) is 8.13. The Morgan fingerprint density at radius 1 is 1.41 bits per heavy atom. The van der Waals surface area contributed by atoms with Gasteiger partial charge in [0.25, 0.3) is 5.91 Å². The molecule has 122 valence electrons. The van der Waals surface area contributed by atoms with Crippen molar-refractivity contribution >= 4 is 11.7 Å². The van der Waals surface area contributed by atoms with E-state index in [0.717, 1.165) is 38.9 Å². The Hall–Kier alpha value is -1.69. The topological polar surface area (TPSA) is 61.4 Å².